The number of carboxylic acids is 1. The number of amides is 2. The first kappa shape index (κ1) is 18.5. The summed E-state index contributed by atoms with van der Waals surface area (Å²) in [7, 11) is 1.51. The van der Waals surface area contributed by atoms with Crippen LogP contribution in [0.2, 0.25) is 0 Å². The van der Waals surface area contributed by atoms with Gasteiger partial charge in [0.25, 0.3) is 11.1 Å². The van der Waals surface area contributed by atoms with Gasteiger partial charge in [0.05, 0.1) is 17.7 Å². The molecule has 3 rings (SSSR count). The van der Waals surface area contributed by atoms with Crippen LogP contribution in [0.5, 0.6) is 11.5 Å². The van der Waals surface area contributed by atoms with Crippen LogP contribution in [-0.4, -0.2) is 35.9 Å². The van der Waals surface area contributed by atoms with Crippen LogP contribution in [0.4, 0.5) is 10.5 Å². The smallest absolute Gasteiger partial charge is 0.341 e. The molecule has 2 amide bonds. The molecule has 0 unspecified atom stereocenters. The minimum atomic E-state index is -1.06. The van der Waals surface area contributed by atoms with Crippen molar-refractivity contribution in [2.45, 2.75) is 0 Å². The lowest BCUT2D eigenvalue weighted by atomic mass is 10.2. The molecule has 7 nitrogen and oxygen atoms in total. The van der Waals surface area contributed by atoms with Crippen molar-refractivity contribution in [3.63, 3.8) is 0 Å². The van der Waals surface area contributed by atoms with E-state index in [2.05, 4.69) is 0 Å². The lowest BCUT2D eigenvalue weighted by Gasteiger charge is -2.13. The summed E-state index contributed by atoms with van der Waals surface area (Å²) in [5, 5.41) is 8.22. The number of methoxy groups -OCH3 is 1. The van der Waals surface area contributed by atoms with E-state index in [0.717, 1.165) is 16.7 Å². The molecule has 27 heavy (non-hydrogen) atoms. The molecule has 1 aliphatic rings. The third-order valence-electron chi connectivity index (χ3n) is 3.65. The first-order valence-electron chi connectivity index (χ1n) is 7.84. The normalized spacial score (nSPS) is 15.3. The molecule has 0 bridgehead atoms. The van der Waals surface area contributed by atoms with Crippen LogP contribution >= 0.6 is 11.8 Å². The number of imide groups is 1. The van der Waals surface area contributed by atoms with E-state index in [9.17, 15) is 14.4 Å². The van der Waals surface area contributed by atoms with E-state index < -0.39 is 18.5 Å². The van der Waals surface area contributed by atoms with Crippen LogP contribution in [0.25, 0.3) is 6.08 Å². The van der Waals surface area contributed by atoms with Gasteiger partial charge in [0.1, 0.15) is 11.5 Å². The lowest BCUT2D eigenvalue weighted by molar-refractivity contribution is -0.139. The standard InChI is InChI=1S/C19H15NO6S/c1-25-15-4-2-3-13(10-15)20-18(23)16(27-19(20)24)9-12-5-7-14(8-6-12)26-11-17(21)22/h2-10H,11H2,1H3,(H,21,22)/b16-9+. The molecule has 0 radical (unpaired) electrons. The minimum absolute atomic E-state index is 0.294. The topological polar surface area (TPSA) is 93.1 Å². The zero-order valence-electron chi connectivity index (χ0n) is 14.2. The lowest BCUT2D eigenvalue weighted by Crippen LogP contribution is -2.27. The van der Waals surface area contributed by atoms with Crippen molar-refractivity contribution >= 4 is 40.6 Å². The van der Waals surface area contributed by atoms with Gasteiger partial charge in [-0.3, -0.25) is 9.59 Å². The molecule has 2 aromatic carbocycles. The number of carbonyl (C=O) groups excluding carboxylic acids is 2. The highest BCUT2D eigenvalue weighted by molar-refractivity contribution is 8.19. The van der Waals surface area contributed by atoms with Gasteiger partial charge < -0.3 is 14.6 Å². The summed E-state index contributed by atoms with van der Waals surface area (Å²) in [5.74, 6) is -0.527. The SMILES string of the molecule is COc1cccc(N2C(=O)S/C(=C/c3ccc(OCC(=O)O)cc3)C2=O)c1. The van der Waals surface area contributed by atoms with Gasteiger partial charge in [-0.1, -0.05) is 18.2 Å². The maximum atomic E-state index is 12.6. The summed E-state index contributed by atoms with van der Waals surface area (Å²) in [4.78, 5) is 36.8. The first-order valence-corrected chi connectivity index (χ1v) is 8.66. The fourth-order valence-corrected chi connectivity index (χ4v) is 3.24. The average molecular weight is 385 g/mol. The molecule has 0 atom stereocenters. The van der Waals surface area contributed by atoms with Crippen molar-refractivity contribution in [3.8, 4) is 11.5 Å². The Kier molecular flexibility index (Phi) is 5.46. The highest BCUT2D eigenvalue weighted by Crippen LogP contribution is 2.36. The molecular weight excluding hydrogens is 370 g/mol. The minimum Gasteiger partial charge on any atom is -0.497 e. The second-order valence-corrected chi connectivity index (χ2v) is 6.46. The van der Waals surface area contributed by atoms with Gasteiger partial charge in [-0.2, -0.15) is 0 Å². The van der Waals surface area contributed by atoms with Gasteiger partial charge in [-0.05, 0) is 47.7 Å². The number of rotatable bonds is 6. The number of hydrogen-bond donors (Lipinski definition) is 1. The molecule has 138 valence electrons. The predicted octanol–water partition coefficient (Wildman–Crippen LogP) is 3.40. The molecule has 1 heterocycles. The Morgan fingerprint density at radius 2 is 1.89 bits per heavy atom. The van der Waals surface area contributed by atoms with E-state index in [1.165, 1.54) is 7.11 Å². The van der Waals surface area contributed by atoms with Gasteiger partial charge in [0.2, 0.25) is 0 Å². The summed E-state index contributed by atoms with van der Waals surface area (Å²) < 4.78 is 10.2. The van der Waals surface area contributed by atoms with Crippen LogP contribution in [0.3, 0.4) is 0 Å². The number of nitrogens with zero attached hydrogens (tertiary/aromatic N) is 1. The molecule has 1 N–H and O–H groups in total. The average Bonchev–Trinajstić information content (AvgIpc) is 2.94. The fourth-order valence-electron chi connectivity index (χ4n) is 2.40. The van der Waals surface area contributed by atoms with E-state index in [4.69, 9.17) is 14.6 Å². The van der Waals surface area contributed by atoms with E-state index in [1.807, 2.05) is 0 Å². The Hall–Kier alpha value is -3.26. The third-order valence-corrected chi connectivity index (χ3v) is 4.51. The van der Waals surface area contributed by atoms with Gasteiger partial charge in [-0.25, -0.2) is 9.69 Å². The van der Waals surface area contributed by atoms with Crippen molar-refractivity contribution in [1.82, 2.24) is 0 Å². The Morgan fingerprint density at radius 1 is 1.15 bits per heavy atom. The Balaban J connectivity index is 1.78. The van der Waals surface area contributed by atoms with Crippen molar-refractivity contribution in [2.75, 3.05) is 18.6 Å². The van der Waals surface area contributed by atoms with Gasteiger partial charge in [-0.15, -0.1) is 0 Å². The van der Waals surface area contributed by atoms with E-state index >= 15 is 0 Å². The number of hydrogen-bond acceptors (Lipinski definition) is 6. The molecule has 2 aromatic rings. The maximum Gasteiger partial charge on any atom is 0.341 e. The Labute approximate surface area is 159 Å². The number of carbonyl (C=O) groups is 3. The number of anilines is 1. The van der Waals surface area contributed by atoms with E-state index in [1.54, 1.807) is 54.6 Å². The highest BCUT2D eigenvalue weighted by Gasteiger charge is 2.36. The highest BCUT2D eigenvalue weighted by atomic mass is 32.2. The van der Waals surface area contributed by atoms with Crippen LogP contribution in [0.1, 0.15) is 5.56 Å². The van der Waals surface area contributed by atoms with Crippen LogP contribution in [0, 0.1) is 0 Å². The zero-order chi connectivity index (χ0) is 19.4. The molecular formula is C19H15NO6S. The number of thioether (sulfide) groups is 1. The van der Waals surface area contributed by atoms with Gasteiger partial charge in [0, 0.05) is 6.07 Å². The van der Waals surface area contributed by atoms with Crippen molar-refractivity contribution in [2.24, 2.45) is 0 Å². The Bertz CT molecular complexity index is 922. The summed E-state index contributed by atoms with van der Waals surface area (Å²) in [5.41, 5.74) is 1.13. The maximum absolute atomic E-state index is 12.6. The number of ether oxygens (including phenoxy) is 2. The largest absolute Gasteiger partial charge is 0.497 e. The quantitative estimate of drug-likeness (QED) is 0.762. The molecule has 0 aromatic heterocycles. The molecule has 1 saturated heterocycles. The second-order valence-electron chi connectivity index (χ2n) is 5.47. The Morgan fingerprint density at radius 3 is 2.56 bits per heavy atom. The summed E-state index contributed by atoms with van der Waals surface area (Å²) in [6, 6.07) is 13.3. The fraction of sp³-hybridized carbons (Fsp3) is 0.105. The zero-order valence-corrected chi connectivity index (χ0v) is 15.1. The van der Waals surface area contributed by atoms with Crippen molar-refractivity contribution in [1.29, 1.82) is 0 Å². The monoisotopic (exact) mass is 385 g/mol. The third kappa shape index (κ3) is 4.29. The first-order chi connectivity index (χ1) is 13.0. The predicted molar refractivity (Wildman–Crippen MR) is 101 cm³/mol. The van der Waals surface area contributed by atoms with Gasteiger partial charge >= 0.3 is 5.97 Å². The van der Waals surface area contributed by atoms with Crippen LogP contribution < -0.4 is 14.4 Å². The number of carboxylic acid groups (broad SMARTS) is 1. The van der Waals surface area contributed by atoms with Gasteiger partial charge in [0.15, 0.2) is 6.61 Å². The summed E-state index contributed by atoms with van der Waals surface area (Å²) in [6.45, 7) is -0.432. The molecule has 1 fully saturated rings. The summed E-state index contributed by atoms with van der Waals surface area (Å²) in [6.07, 6.45) is 1.60. The molecule has 1 aliphatic heterocycles. The van der Waals surface area contributed by atoms with Crippen LogP contribution in [0.15, 0.2) is 53.4 Å². The molecule has 0 aliphatic carbocycles. The van der Waals surface area contributed by atoms with Crippen LogP contribution in [-0.2, 0) is 9.59 Å². The molecule has 8 heteroatoms. The second kappa shape index (κ2) is 7.96. The molecule has 0 saturated carbocycles. The van der Waals surface area contributed by atoms with Crippen molar-refractivity contribution in [3.05, 3.63) is 59.0 Å². The van der Waals surface area contributed by atoms with E-state index in [0.29, 0.717) is 27.7 Å². The van der Waals surface area contributed by atoms with Crippen molar-refractivity contribution < 1.29 is 29.0 Å². The summed E-state index contributed by atoms with van der Waals surface area (Å²) >= 11 is 0.852. The van der Waals surface area contributed by atoms with E-state index in [-0.39, 0.29) is 5.24 Å². The number of benzene rings is 2. The molecule has 0 spiro atoms. The number of aliphatic carboxylic acids is 1.